The molecule has 4 heteroatoms. The zero-order chi connectivity index (χ0) is 30.2. The van der Waals surface area contributed by atoms with Gasteiger partial charge in [-0.05, 0) is 43.9 Å². The van der Waals surface area contributed by atoms with E-state index in [0.717, 1.165) is 12.8 Å². The third kappa shape index (κ3) is 19.8. The number of hydrogen-bond acceptors (Lipinski definition) is 3. The first-order valence-corrected chi connectivity index (χ1v) is 14.3. The van der Waals surface area contributed by atoms with Gasteiger partial charge in [0.05, 0.1) is 12.2 Å². The highest BCUT2D eigenvalue weighted by Gasteiger charge is 2.22. The maximum absolute atomic E-state index is 10.8. The molecule has 0 aromatic heterocycles. The average molecular weight is 549 g/mol. The van der Waals surface area contributed by atoms with Crippen molar-refractivity contribution in [3.8, 4) is 0 Å². The summed E-state index contributed by atoms with van der Waals surface area (Å²) in [5.74, 6) is -0.190. The zero-order valence-corrected chi connectivity index (χ0v) is 25.3. The first-order valence-electron chi connectivity index (χ1n) is 14.3. The molecule has 3 N–H and O–H groups in total. The molecule has 0 aliphatic rings. The Morgan fingerprint density at radius 3 is 1.70 bits per heavy atom. The first kappa shape index (κ1) is 36.8. The fraction of sp³-hybridized carbons (Fsp3) is 0.417. The molecule has 40 heavy (non-hydrogen) atoms. The summed E-state index contributed by atoms with van der Waals surface area (Å²) >= 11 is 0. The molecule has 0 amide bonds. The van der Waals surface area contributed by atoms with Crippen molar-refractivity contribution in [2.45, 2.75) is 73.0 Å². The van der Waals surface area contributed by atoms with Crippen LogP contribution in [-0.2, 0) is 4.79 Å². The minimum atomic E-state index is -0.909. The average Bonchev–Trinajstić information content (AvgIpc) is 2.92. The number of carboxylic acid groups (broad SMARTS) is 1. The van der Waals surface area contributed by atoms with Crippen molar-refractivity contribution in [1.82, 2.24) is 0 Å². The summed E-state index contributed by atoms with van der Waals surface area (Å²) in [6.45, 7) is 11.9. The standard InChI is InChI=1S/C36H52O4/c1-29(2)34(37)28-24-20-16-11-9-7-8-10-13-17-21-25-30(3)33(6)35(38)31(4)26-22-18-14-12-15-19-23-27-32(5)36(39)40/h7-13,15-17,19-27,29-31,33-35,37-38H,14,18,28H2,1-6H3,(H,39,40)/b9-7+,10-8+,15-12+,16-11+,17-13+,23-19+,24-20+,25-21+,26-22+,32-27+. The van der Waals surface area contributed by atoms with Crippen molar-refractivity contribution in [3.05, 3.63) is 121 Å². The summed E-state index contributed by atoms with van der Waals surface area (Å²) in [5.41, 5.74) is 0.306. The van der Waals surface area contributed by atoms with Crippen LogP contribution >= 0.6 is 0 Å². The molecule has 0 spiro atoms. The third-order valence-electron chi connectivity index (χ3n) is 6.59. The Bertz CT molecular complexity index is 982. The second kappa shape index (κ2) is 23.7. The molecule has 0 aromatic rings. The van der Waals surface area contributed by atoms with E-state index in [2.05, 4.69) is 32.1 Å². The third-order valence-corrected chi connectivity index (χ3v) is 6.59. The van der Waals surface area contributed by atoms with E-state index < -0.39 is 12.1 Å². The molecule has 0 aliphatic carbocycles. The number of unbranched alkanes of at least 4 members (excludes halogenated alkanes) is 1. The molecule has 5 unspecified atom stereocenters. The van der Waals surface area contributed by atoms with Crippen LogP contribution in [0.3, 0.4) is 0 Å². The molecule has 0 radical (unpaired) electrons. The van der Waals surface area contributed by atoms with Gasteiger partial charge in [-0.3, -0.25) is 0 Å². The predicted octanol–water partition coefficient (Wildman–Crippen LogP) is 8.48. The molecule has 5 atom stereocenters. The van der Waals surface area contributed by atoms with E-state index in [-0.39, 0.29) is 29.8 Å². The number of aliphatic carboxylic acids is 1. The normalized spacial score (nSPS) is 18.0. The van der Waals surface area contributed by atoms with Crippen LogP contribution in [0.2, 0.25) is 0 Å². The van der Waals surface area contributed by atoms with Crippen LogP contribution in [0.1, 0.15) is 60.8 Å². The Morgan fingerprint density at radius 1 is 0.625 bits per heavy atom. The Balaban J connectivity index is 4.35. The summed E-state index contributed by atoms with van der Waals surface area (Å²) in [7, 11) is 0. The highest BCUT2D eigenvalue weighted by Crippen LogP contribution is 2.23. The number of aliphatic hydroxyl groups excluding tert-OH is 2. The molecule has 0 aromatic carbocycles. The number of rotatable bonds is 19. The molecule has 0 heterocycles. The van der Waals surface area contributed by atoms with Crippen molar-refractivity contribution in [2.24, 2.45) is 23.7 Å². The fourth-order valence-electron chi connectivity index (χ4n) is 3.41. The second-order valence-electron chi connectivity index (χ2n) is 10.4. The molecule has 0 aliphatic heterocycles. The van der Waals surface area contributed by atoms with Crippen LogP contribution in [0, 0.1) is 23.7 Å². The highest BCUT2D eigenvalue weighted by atomic mass is 16.4. The van der Waals surface area contributed by atoms with Gasteiger partial charge in [0.2, 0.25) is 0 Å². The van der Waals surface area contributed by atoms with Crippen LogP contribution in [-0.4, -0.2) is 33.5 Å². The minimum absolute atomic E-state index is 0.0697. The van der Waals surface area contributed by atoms with Gasteiger partial charge < -0.3 is 15.3 Å². The van der Waals surface area contributed by atoms with Gasteiger partial charge in [0.15, 0.2) is 0 Å². The molecule has 0 rings (SSSR count). The molecule has 0 bridgehead atoms. The highest BCUT2D eigenvalue weighted by molar-refractivity contribution is 5.86. The lowest BCUT2D eigenvalue weighted by Gasteiger charge is -2.26. The van der Waals surface area contributed by atoms with Crippen molar-refractivity contribution < 1.29 is 20.1 Å². The lowest BCUT2D eigenvalue weighted by molar-refractivity contribution is -0.132. The van der Waals surface area contributed by atoms with Crippen molar-refractivity contribution in [1.29, 1.82) is 0 Å². The van der Waals surface area contributed by atoms with E-state index in [1.54, 1.807) is 19.1 Å². The van der Waals surface area contributed by atoms with E-state index in [1.807, 2.05) is 106 Å². The molecule has 0 saturated carbocycles. The van der Waals surface area contributed by atoms with Gasteiger partial charge in [-0.2, -0.15) is 0 Å². The Hall–Kier alpha value is -3.21. The Kier molecular flexibility index (Phi) is 21.8. The number of allylic oxidation sites excluding steroid dienone is 17. The van der Waals surface area contributed by atoms with Crippen LogP contribution < -0.4 is 0 Å². The number of hydrogen-bond donors (Lipinski definition) is 3. The fourth-order valence-corrected chi connectivity index (χ4v) is 3.41. The zero-order valence-electron chi connectivity index (χ0n) is 25.3. The summed E-state index contributed by atoms with van der Waals surface area (Å²) in [6.07, 6.45) is 38.9. The minimum Gasteiger partial charge on any atom is -0.478 e. The summed E-state index contributed by atoms with van der Waals surface area (Å²) in [5, 5.41) is 29.3. The van der Waals surface area contributed by atoms with Crippen molar-refractivity contribution in [2.75, 3.05) is 0 Å². The lowest BCUT2D eigenvalue weighted by atomic mass is 9.84. The maximum atomic E-state index is 10.8. The van der Waals surface area contributed by atoms with Gasteiger partial charge in [-0.1, -0.05) is 150 Å². The molecule has 4 nitrogen and oxygen atoms in total. The van der Waals surface area contributed by atoms with E-state index >= 15 is 0 Å². The number of carboxylic acids is 1. The molecule has 0 saturated heterocycles. The van der Waals surface area contributed by atoms with E-state index in [1.165, 1.54) is 0 Å². The number of carbonyl (C=O) groups is 1. The smallest absolute Gasteiger partial charge is 0.331 e. The van der Waals surface area contributed by atoms with Gasteiger partial charge in [0.25, 0.3) is 0 Å². The van der Waals surface area contributed by atoms with Crippen molar-refractivity contribution in [3.63, 3.8) is 0 Å². The van der Waals surface area contributed by atoms with Crippen molar-refractivity contribution >= 4 is 5.97 Å². The van der Waals surface area contributed by atoms with Crippen LogP contribution in [0.15, 0.2) is 121 Å². The van der Waals surface area contributed by atoms with Gasteiger partial charge in [0, 0.05) is 11.5 Å². The Morgan fingerprint density at radius 2 is 1.12 bits per heavy atom. The number of aliphatic hydroxyl groups is 2. The molecular weight excluding hydrogens is 496 g/mol. The van der Waals surface area contributed by atoms with Gasteiger partial charge in [0.1, 0.15) is 0 Å². The van der Waals surface area contributed by atoms with Crippen LogP contribution in [0.5, 0.6) is 0 Å². The maximum Gasteiger partial charge on any atom is 0.331 e. The molecule has 0 fully saturated rings. The van der Waals surface area contributed by atoms with Crippen LogP contribution in [0.25, 0.3) is 0 Å². The summed E-state index contributed by atoms with van der Waals surface area (Å²) in [4.78, 5) is 10.7. The van der Waals surface area contributed by atoms with Gasteiger partial charge in [-0.25, -0.2) is 4.79 Å². The predicted molar refractivity (Wildman–Crippen MR) is 172 cm³/mol. The SMILES string of the molecule is C\C(=C/C=C/C=C/CC/C=C/C(C)C(O)C(C)C(C)/C=C/C=C/C=C/C=C/C=C/C=C/CC(O)C(C)C)C(=O)O. The summed E-state index contributed by atoms with van der Waals surface area (Å²) < 4.78 is 0. The van der Waals surface area contributed by atoms with Gasteiger partial charge in [-0.15, -0.1) is 0 Å². The molecule has 220 valence electrons. The topological polar surface area (TPSA) is 77.8 Å². The van der Waals surface area contributed by atoms with E-state index in [0.29, 0.717) is 12.0 Å². The molecular formula is C36H52O4. The van der Waals surface area contributed by atoms with E-state index in [4.69, 9.17) is 5.11 Å². The van der Waals surface area contributed by atoms with E-state index in [9.17, 15) is 15.0 Å². The second-order valence-corrected chi connectivity index (χ2v) is 10.4. The Labute approximate surface area is 243 Å². The lowest BCUT2D eigenvalue weighted by Crippen LogP contribution is -2.28. The first-order chi connectivity index (χ1) is 19.1. The quantitative estimate of drug-likeness (QED) is 0.0655. The largest absolute Gasteiger partial charge is 0.478 e. The monoisotopic (exact) mass is 548 g/mol. The van der Waals surface area contributed by atoms with Crippen LogP contribution in [0.4, 0.5) is 0 Å². The summed E-state index contributed by atoms with van der Waals surface area (Å²) in [6, 6.07) is 0. The van der Waals surface area contributed by atoms with Gasteiger partial charge >= 0.3 is 5.97 Å².